The number of esters is 1. The number of rotatable bonds is 6. The first-order valence-corrected chi connectivity index (χ1v) is 9.28. The molecule has 0 aliphatic rings. The Kier molecular flexibility index (Phi) is 5.44. The van der Waals surface area contributed by atoms with Crippen LogP contribution < -0.4 is 5.32 Å². The van der Waals surface area contributed by atoms with E-state index in [4.69, 9.17) is 4.74 Å². The minimum atomic E-state index is -0.425. The van der Waals surface area contributed by atoms with Crippen LogP contribution in [0.15, 0.2) is 24.3 Å². The molecule has 0 aliphatic heterocycles. The van der Waals surface area contributed by atoms with Gasteiger partial charge in [-0.25, -0.2) is 14.8 Å². The molecular weight excluding hydrogens is 340 g/mol. The monoisotopic (exact) mass is 366 g/mol. The number of hydrogen-bond acceptors (Lipinski definition) is 5. The molecule has 0 atom stereocenters. The first kappa shape index (κ1) is 18.9. The lowest BCUT2D eigenvalue weighted by molar-refractivity contribution is 0.0520. The van der Waals surface area contributed by atoms with Gasteiger partial charge in [-0.3, -0.25) is 0 Å². The van der Waals surface area contributed by atoms with Crippen molar-refractivity contribution in [3.05, 3.63) is 52.5 Å². The predicted molar refractivity (Wildman–Crippen MR) is 107 cm³/mol. The summed E-state index contributed by atoms with van der Waals surface area (Å²) >= 11 is 0. The molecule has 0 saturated heterocycles. The number of imidazole rings is 1. The van der Waals surface area contributed by atoms with Gasteiger partial charge in [0.1, 0.15) is 11.3 Å². The second-order valence-electron chi connectivity index (χ2n) is 6.58. The number of fused-ring (bicyclic) bond motifs is 1. The van der Waals surface area contributed by atoms with Crippen LogP contribution in [0.1, 0.15) is 46.9 Å². The third-order valence-corrected chi connectivity index (χ3v) is 4.90. The summed E-state index contributed by atoms with van der Waals surface area (Å²) in [6.45, 7) is 8.92. The molecule has 3 rings (SSSR count). The molecule has 1 N–H and O–H groups in total. The van der Waals surface area contributed by atoms with Crippen LogP contribution >= 0.6 is 0 Å². The SMILES string of the molecule is CCOC(=O)c1cc2c(nc(C)n2C)c(NCc2c(C)cccc2CC)n1. The van der Waals surface area contributed by atoms with E-state index in [1.165, 1.54) is 16.7 Å². The third-order valence-electron chi connectivity index (χ3n) is 4.90. The number of ether oxygens (including phenoxy) is 1. The molecule has 2 heterocycles. The Morgan fingerprint density at radius 3 is 2.70 bits per heavy atom. The van der Waals surface area contributed by atoms with Crippen LogP contribution in [0.4, 0.5) is 5.82 Å². The van der Waals surface area contributed by atoms with Crippen molar-refractivity contribution in [2.75, 3.05) is 11.9 Å². The van der Waals surface area contributed by atoms with Crippen molar-refractivity contribution in [3.8, 4) is 0 Å². The second-order valence-corrected chi connectivity index (χ2v) is 6.58. The first-order chi connectivity index (χ1) is 13.0. The second kappa shape index (κ2) is 7.78. The Bertz CT molecular complexity index is 992. The lowest BCUT2D eigenvalue weighted by Crippen LogP contribution is -2.11. The molecule has 0 saturated carbocycles. The summed E-state index contributed by atoms with van der Waals surface area (Å²) in [5, 5.41) is 3.40. The van der Waals surface area contributed by atoms with Gasteiger partial charge < -0.3 is 14.6 Å². The number of benzene rings is 1. The Morgan fingerprint density at radius 1 is 1.22 bits per heavy atom. The fourth-order valence-electron chi connectivity index (χ4n) is 3.25. The Labute approximate surface area is 159 Å². The van der Waals surface area contributed by atoms with Crippen molar-refractivity contribution in [2.45, 2.75) is 40.7 Å². The van der Waals surface area contributed by atoms with E-state index in [2.05, 4.69) is 47.3 Å². The van der Waals surface area contributed by atoms with Crippen LogP contribution in [0, 0.1) is 13.8 Å². The number of aryl methyl sites for hydroxylation is 4. The Morgan fingerprint density at radius 2 is 2.00 bits per heavy atom. The molecule has 0 bridgehead atoms. The van der Waals surface area contributed by atoms with Gasteiger partial charge in [0.2, 0.25) is 0 Å². The van der Waals surface area contributed by atoms with E-state index in [1.54, 1.807) is 13.0 Å². The number of carbonyl (C=O) groups excluding carboxylic acids is 1. The van der Waals surface area contributed by atoms with Crippen molar-refractivity contribution in [1.82, 2.24) is 14.5 Å². The van der Waals surface area contributed by atoms with E-state index in [0.717, 1.165) is 23.3 Å². The highest BCUT2D eigenvalue weighted by molar-refractivity contribution is 5.95. The highest BCUT2D eigenvalue weighted by atomic mass is 16.5. The molecule has 3 aromatic rings. The van der Waals surface area contributed by atoms with Crippen molar-refractivity contribution >= 4 is 22.8 Å². The van der Waals surface area contributed by atoms with Gasteiger partial charge in [0.05, 0.1) is 12.1 Å². The lowest BCUT2D eigenvalue weighted by Gasteiger charge is -2.14. The van der Waals surface area contributed by atoms with Crippen LogP contribution in [-0.4, -0.2) is 27.1 Å². The van der Waals surface area contributed by atoms with Gasteiger partial charge in [0, 0.05) is 13.6 Å². The van der Waals surface area contributed by atoms with Gasteiger partial charge in [-0.05, 0) is 49.9 Å². The molecule has 0 amide bonds. The van der Waals surface area contributed by atoms with E-state index in [0.29, 0.717) is 19.0 Å². The molecule has 0 aliphatic carbocycles. The molecule has 6 nitrogen and oxygen atoms in total. The summed E-state index contributed by atoms with van der Waals surface area (Å²) in [5.74, 6) is 1.04. The fourth-order valence-corrected chi connectivity index (χ4v) is 3.25. The largest absolute Gasteiger partial charge is 0.461 e. The molecule has 0 unspecified atom stereocenters. The van der Waals surface area contributed by atoms with Gasteiger partial charge in [0.15, 0.2) is 11.5 Å². The van der Waals surface area contributed by atoms with Crippen LogP contribution in [0.2, 0.25) is 0 Å². The normalized spacial score (nSPS) is 11.0. The first-order valence-electron chi connectivity index (χ1n) is 9.28. The number of carbonyl (C=O) groups is 1. The summed E-state index contributed by atoms with van der Waals surface area (Å²) in [6, 6.07) is 8.08. The average Bonchev–Trinajstić information content (AvgIpc) is 2.95. The molecule has 2 aromatic heterocycles. The van der Waals surface area contributed by atoms with E-state index in [-0.39, 0.29) is 5.69 Å². The number of aromatic nitrogens is 3. The van der Waals surface area contributed by atoms with Gasteiger partial charge in [-0.2, -0.15) is 0 Å². The summed E-state index contributed by atoms with van der Waals surface area (Å²) < 4.78 is 7.09. The molecule has 0 fully saturated rings. The van der Waals surface area contributed by atoms with Gasteiger partial charge >= 0.3 is 5.97 Å². The van der Waals surface area contributed by atoms with Gasteiger partial charge in [-0.1, -0.05) is 25.1 Å². The zero-order chi connectivity index (χ0) is 19.6. The van der Waals surface area contributed by atoms with E-state index in [1.807, 2.05) is 18.5 Å². The molecular formula is C21H26N4O2. The van der Waals surface area contributed by atoms with E-state index < -0.39 is 5.97 Å². The van der Waals surface area contributed by atoms with Crippen molar-refractivity contribution in [3.63, 3.8) is 0 Å². The molecule has 0 radical (unpaired) electrons. The average molecular weight is 366 g/mol. The van der Waals surface area contributed by atoms with Crippen LogP contribution in [0.5, 0.6) is 0 Å². The fraction of sp³-hybridized carbons (Fsp3) is 0.381. The minimum Gasteiger partial charge on any atom is -0.461 e. The minimum absolute atomic E-state index is 0.287. The summed E-state index contributed by atoms with van der Waals surface area (Å²) in [6.07, 6.45) is 0.965. The summed E-state index contributed by atoms with van der Waals surface area (Å²) in [5.41, 5.74) is 5.69. The maximum absolute atomic E-state index is 12.2. The quantitative estimate of drug-likeness (QED) is 0.669. The smallest absolute Gasteiger partial charge is 0.357 e. The van der Waals surface area contributed by atoms with E-state index >= 15 is 0 Å². The van der Waals surface area contributed by atoms with Crippen molar-refractivity contribution < 1.29 is 9.53 Å². The van der Waals surface area contributed by atoms with Crippen molar-refractivity contribution in [1.29, 1.82) is 0 Å². The maximum Gasteiger partial charge on any atom is 0.357 e. The van der Waals surface area contributed by atoms with Crippen molar-refractivity contribution in [2.24, 2.45) is 7.05 Å². The highest BCUT2D eigenvalue weighted by Gasteiger charge is 2.17. The number of pyridine rings is 1. The number of hydrogen-bond donors (Lipinski definition) is 1. The van der Waals surface area contributed by atoms with Crippen LogP contribution in [0.25, 0.3) is 11.0 Å². The molecule has 142 valence electrons. The lowest BCUT2D eigenvalue weighted by atomic mass is 10.00. The Hall–Kier alpha value is -2.89. The predicted octanol–water partition coefficient (Wildman–Crippen LogP) is 3.94. The standard InChI is InChI=1S/C21H26N4O2/c1-6-15-10-8-9-13(3)16(15)12-22-20-19-18(25(5)14(4)23-19)11-17(24-20)21(26)27-7-2/h8-11H,6-7,12H2,1-5H3,(H,22,24). The van der Waals surface area contributed by atoms with E-state index in [9.17, 15) is 4.79 Å². The number of anilines is 1. The van der Waals surface area contributed by atoms with Crippen LogP contribution in [0.3, 0.4) is 0 Å². The van der Waals surface area contributed by atoms with Gasteiger partial charge in [-0.15, -0.1) is 0 Å². The molecule has 6 heteroatoms. The summed E-state index contributed by atoms with van der Waals surface area (Å²) in [4.78, 5) is 21.4. The third kappa shape index (κ3) is 3.65. The molecule has 1 aromatic carbocycles. The number of nitrogens with one attached hydrogen (secondary N) is 1. The maximum atomic E-state index is 12.2. The van der Waals surface area contributed by atoms with Crippen LogP contribution in [-0.2, 0) is 24.8 Å². The number of nitrogens with zero attached hydrogens (tertiary/aromatic N) is 3. The Balaban J connectivity index is 2.03. The highest BCUT2D eigenvalue weighted by Crippen LogP contribution is 2.25. The zero-order valence-corrected chi connectivity index (χ0v) is 16.6. The van der Waals surface area contributed by atoms with Gasteiger partial charge in [0.25, 0.3) is 0 Å². The zero-order valence-electron chi connectivity index (χ0n) is 16.6. The summed E-state index contributed by atoms with van der Waals surface area (Å²) in [7, 11) is 1.93. The molecule has 27 heavy (non-hydrogen) atoms. The molecule has 0 spiro atoms. The topological polar surface area (TPSA) is 69.0 Å².